The molecule has 1 amide bonds. The molecule has 1 unspecified atom stereocenters. The van der Waals surface area contributed by atoms with Crippen LogP contribution in [0.2, 0.25) is 0 Å². The summed E-state index contributed by atoms with van der Waals surface area (Å²) in [6.07, 6.45) is 0.249. The number of carbonyl (C=O) groups excluding carboxylic acids is 1. The minimum absolute atomic E-state index is 0.0844. The first-order valence-electron chi connectivity index (χ1n) is 7.55. The Morgan fingerprint density at radius 1 is 1.04 bits per heavy atom. The van der Waals surface area contributed by atoms with Gasteiger partial charge in [0.2, 0.25) is 5.91 Å². The Morgan fingerprint density at radius 2 is 1.78 bits per heavy atom. The molecule has 1 aliphatic heterocycles. The Labute approximate surface area is 132 Å². The molecule has 4 rings (SSSR count). The molecule has 1 aliphatic rings. The van der Waals surface area contributed by atoms with E-state index in [1.807, 2.05) is 43.3 Å². The van der Waals surface area contributed by atoms with Crippen LogP contribution in [0, 0.1) is 6.92 Å². The zero-order chi connectivity index (χ0) is 16.0. The highest BCUT2D eigenvalue weighted by Gasteiger charge is 2.31. The monoisotopic (exact) mass is 305 g/mol. The van der Waals surface area contributed by atoms with Crippen molar-refractivity contribution in [1.82, 2.24) is 0 Å². The minimum atomic E-state index is -0.385. The summed E-state index contributed by atoms with van der Waals surface area (Å²) in [5, 5.41) is 3.61. The smallest absolute Gasteiger partial charge is 0.342 e. The predicted molar refractivity (Wildman–Crippen MR) is 88.8 cm³/mol. The molecule has 0 spiro atoms. The third-order valence-electron chi connectivity index (χ3n) is 4.33. The summed E-state index contributed by atoms with van der Waals surface area (Å²) >= 11 is 0. The molecule has 0 radical (unpaired) electrons. The summed E-state index contributed by atoms with van der Waals surface area (Å²) in [5.74, 6) is -0.362. The molecule has 1 aromatic heterocycles. The molecule has 3 aromatic rings. The molecule has 1 N–H and O–H groups in total. The number of carbonyl (C=O) groups is 1. The molecule has 23 heavy (non-hydrogen) atoms. The second-order valence-electron chi connectivity index (χ2n) is 5.89. The first-order chi connectivity index (χ1) is 11.1. The molecular formula is C19H15NO3. The predicted octanol–water partition coefficient (Wildman–Crippen LogP) is 3.58. The zero-order valence-electron chi connectivity index (χ0n) is 12.6. The van der Waals surface area contributed by atoms with Gasteiger partial charge in [0, 0.05) is 17.7 Å². The second-order valence-corrected chi connectivity index (χ2v) is 5.89. The van der Waals surface area contributed by atoms with Crippen molar-refractivity contribution < 1.29 is 9.21 Å². The van der Waals surface area contributed by atoms with Crippen LogP contribution in [0.3, 0.4) is 0 Å². The van der Waals surface area contributed by atoms with Crippen molar-refractivity contribution in [3.63, 3.8) is 0 Å². The van der Waals surface area contributed by atoms with E-state index in [1.165, 1.54) is 0 Å². The quantitative estimate of drug-likeness (QED) is 0.699. The first-order valence-corrected chi connectivity index (χ1v) is 7.55. The van der Waals surface area contributed by atoms with E-state index in [9.17, 15) is 9.59 Å². The molecule has 1 atom stereocenters. The lowest BCUT2D eigenvalue weighted by Gasteiger charge is -2.25. The summed E-state index contributed by atoms with van der Waals surface area (Å²) in [6, 6.07) is 15.2. The van der Waals surface area contributed by atoms with Crippen LogP contribution in [-0.2, 0) is 4.79 Å². The van der Waals surface area contributed by atoms with Gasteiger partial charge in [0.1, 0.15) is 5.58 Å². The van der Waals surface area contributed by atoms with Crippen molar-refractivity contribution in [2.45, 2.75) is 19.3 Å². The number of hydrogen-bond donors (Lipinski definition) is 1. The van der Waals surface area contributed by atoms with E-state index in [1.54, 1.807) is 12.1 Å². The number of para-hydroxylation sites is 1. The third-order valence-corrected chi connectivity index (χ3v) is 4.33. The van der Waals surface area contributed by atoms with Crippen molar-refractivity contribution in [3.8, 4) is 0 Å². The average molecular weight is 305 g/mol. The third kappa shape index (κ3) is 2.23. The molecule has 0 aliphatic carbocycles. The highest BCUT2D eigenvalue weighted by Crippen LogP contribution is 2.38. The molecule has 2 aromatic carbocycles. The van der Waals surface area contributed by atoms with Gasteiger partial charge in [-0.25, -0.2) is 4.79 Å². The number of aryl methyl sites for hydroxylation is 1. The molecule has 114 valence electrons. The normalized spacial score (nSPS) is 16.9. The van der Waals surface area contributed by atoms with Gasteiger partial charge in [-0.15, -0.1) is 0 Å². The van der Waals surface area contributed by atoms with Gasteiger partial charge < -0.3 is 9.73 Å². The zero-order valence-corrected chi connectivity index (χ0v) is 12.6. The van der Waals surface area contributed by atoms with Crippen LogP contribution < -0.4 is 10.9 Å². The van der Waals surface area contributed by atoms with Gasteiger partial charge in [-0.1, -0.05) is 42.0 Å². The maximum absolute atomic E-state index is 12.5. The van der Waals surface area contributed by atoms with E-state index in [-0.39, 0.29) is 23.9 Å². The summed E-state index contributed by atoms with van der Waals surface area (Å²) in [6.45, 7) is 2.01. The Bertz CT molecular complexity index is 970. The molecule has 0 saturated carbocycles. The minimum Gasteiger partial charge on any atom is -0.422 e. The summed E-state index contributed by atoms with van der Waals surface area (Å²) < 4.78 is 5.46. The molecule has 0 bridgehead atoms. The van der Waals surface area contributed by atoms with E-state index in [0.29, 0.717) is 16.8 Å². The summed E-state index contributed by atoms with van der Waals surface area (Å²) in [5.41, 5.74) is 3.31. The van der Waals surface area contributed by atoms with Gasteiger partial charge in [0.25, 0.3) is 0 Å². The average Bonchev–Trinajstić information content (AvgIpc) is 2.55. The van der Waals surface area contributed by atoms with Crippen LogP contribution in [0.5, 0.6) is 0 Å². The Kier molecular flexibility index (Phi) is 3.05. The van der Waals surface area contributed by atoms with Crippen molar-refractivity contribution >= 4 is 22.6 Å². The lowest BCUT2D eigenvalue weighted by molar-refractivity contribution is -0.116. The first kappa shape index (κ1) is 13.8. The van der Waals surface area contributed by atoms with E-state index >= 15 is 0 Å². The highest BCUT2D eigenvalue weighted by molar-refractivity contribution is 6.04. The van der Waals surface area contributed by atoms with Gasteiger partial charge in [-0.2, -0.15) is 0 Å². The van der Waals surface area contributed by atoms with Crippen LogP contribution in [0.1, 0.15) is 29.0 Å². The lowest BCUT2D eigenvalue weighted by Crippen LogP contribution is -2.28. The lowest BCUT2D eigenvalue weighted by atomic mass is 9.85. The fourth-order valence-corrected chi connectivity index (χ4v) is 3.18. The van der Waals surface area contributed by atoms with E-state index in [2.05, 4.69) is 5.32 Å². The second kappa shape index (κ2) is 5.09. The van der Waals surface area contributed by atoms with Crippen molar-refractivity contribution in [2.24, 2.45) is 0 Å². The van der Waals surface area contributed by atoms with Crippen LogP contribution in [0.25, 0.3) is 11.0 Å². The van der Waals surface area contributed by atoms with Crippen molar-refractivity contribution in [1.29, 1.82) is 0 Å². The number of amides is 1. The maximum Gasteiger partial charge on any atom is 0.342 e. The number of benzene rings is 2. The molecule has 0 fully saturated rings. The molecule has 4 heteroatoms. The number of fused-ring (bicyclic) bond motifs is 3. The van der Waals surface area contributed by atoms with Gasteiger partial charge >= 0.3 is 5.63 Å². The maximum atomic E-state index is 12.5. The standard InChI is InChI=1S/C19H15NO3/c1-11-6-8-12(9-7-11)14-10-16(21)20-18-13-4-2-3-5-15(13)23-19(22)17(14)18/h2-9,14H,10H2,1H3,(H,20,21). The van der Waals surface area contributed by atoms with Gasteiger partial charge in [0.05, 0.1) is 11.3 Å². The van der Waals surface area contributed by atoms with E-state index in [0.717, 1.165) is 16.5 Å². The number of nitrogens with one attached hydrogen (secondary N) is 1. The highest BCUT2D eigenvalue weighted by atomic mass is 16.4. The van der Waals surface area contributed by atoms with Crippen LogP contribution >= 0.6 is 0 Å². The van der Waals surface area contributed by atoms with Crippen molar-refractivity contribution in [3.05, 3.63) is 75.6 Å². The molecular weight excluding hydrogens is 290 g/mol. The van der Waals surface area contributed by atoms with Crippen LogP contribution in [0.15, 0.2) is 57.7 Å². The topological polar surface area (TPSA) is 59.3 Å². The Balaban J connectivity index is 2.00. The number of rotatable bonds is 1. The van der Waals surface area contributed by atoms with Gasteiger partial charge in [0.15, 0.2) is 0 Å². The SMILES string of the molecule is Cc1ccc(C2CC(=O)Nc3c2c(=O)oc2ccccc32)cc1. The fraction of sp³-hybridized carbons (Fsp3) is 0.158. The Hall–Kier alpha value is -2.88. The summed E-state index contributed by atoms with van der Waals surface area (Å²) in [4.78, 5) is 24.7. The van der Waals surface area contributed by atoms with Gasteiger partial charge in [-0.3, -0.25) is 4.79 Å². The number of anilines is 1. The Morgan fingerprint density at radius 3 is 2.57 bits per heavy atom. The van der Waals surface area contributed by atoms with Crippen LogP contribution in [-0.4, -0.2) is 5.91 Å². The summed E-state index contributed by atoms with van der Waals surface area (Å²) in [7, 11) is 0. The van der Waals surface area contributed by atoms with Gasteiger partial charge in [-0.05, 0) is 24.6 Å². The molecule has 4 nitrogen and oxygen atoms in total. The van der Waals surface area contributed by atoms with E-state index < -0.39 is 0 Å². The molecule has 0 saturated heterocycles. The largest absolute Gasteiger partial charge is 0.422 e. The van der Waals surface area contributed by atoms with Crippen molar-refractivity contribution in [2.75, 3.05) is 5.32 Å². The fourth-order valence-electron chi connectivity index (χ4n) is 3.18. The van der Waals surface area contributed by atoms with Crippen LogP contribution in [0.4, 0.5) is 5.69 Å². The molecule has 2 heterocycles. The van der Waals surface area contributed by atoms with E-state index in [4.69, 9.17) is 4.42 Å². The number of hydrogen-bond acceptors (Lipinski definition) is 3.